The highest BCUT2D eigenvalue weighted by molar-refractivity contribution is 7.92. The summed E-state index contributed by atoms with van der Waals surface area (Å²) in [5.74, 6) is -3.62. The van der Waals surface area contributed by atoms with Crippen LogP contribution in [0.3, 0.4) is 0 Å². The fraction of sp³-hybridized carbons (Fsp3) is 0.310. The minimum absolute atomic E-state index is 0.115. The molecule has 2 amide bonds. The van der Waals surface area contributed by atoms with E-state index in [9.17, 15) is 26.8 Å². The summed E-state index contributed by atoms with van der Waals surface area (Å²) >= 11 is 12.3. The molecular formula is C29H31Cl2F2N3O4S. The van der Waals surface area contributed by atoms with Gasteiger partial charge in [0.05, 0.1) is 22.0 Å². The van der Waals surface area contributed by atoms with Gasteiger partial charge in [0.15, 0.2) is 11.6 Å². The Bertz CT molecular complexity index is 1490. The van der Waals surface area contributed by atoms with Crippen molar-refractivity contribution < 1.29 is 26.8 Å². The Balaban J connectivity index is 2.09. The summed E-state index contributed by atoms with van der Waals surface area (Å²) in [5, 5.41) is 3.45. The highest BCUT2D eigenvalue weighted by Gasteiger charge is 2.33. The molecule has 0 aliphatic carbocycles. The first-order valence-corrected chi connectivity index (χ1v) is 15.4. The van der Waals surface area contributed by atoms with Gasteiger partial charge in [0.25, 0.3) is 0 Å². The number of hydrogen-bond donors (Lipinski definition) is 1. The van der Waals surface area contributed by atoms with Gasteiger partial charge < -0.3 is 10.2 Å². The van der Waals surface area contributed by atoms with Crippen LogP contribution in [0.25, 0.3) is 0 Å². The molecule has 12 heteroatoms. The number of carbonyl (C=O) groups excluding carboxylic acids is 2. The highest BCUT2D eigenvalue weighted by atomic mass is 35.5. The smallest absolute Gasteiger partial charge is 0.244 e. The van der Waals surface area contributed by atoms with Crippen LogP contribution in [0.4, 0.5) is 14.5 Å². The molecule has 2 atom stereocenters. The molecule has 0 aliphatic rings. The normalized spacial score (nSPS) is 12.9. The second-order valence-corrected chi connectivity index (χ2v) is 12.4. The first kappa shape index (κ1) is 32.3. The van der Waals surface area contributed by atoms with Gasteiger partial charge in [-0.15, -0.1) is 0 Å². The Hall–Kier alpha value is -3.21. The number of amides is 2. The monoisotopic (exact) mass is 625 g/mol. The lowest BCUT2D eigenvalue weighted by molar-refractivity contribution is -0.140. The van der Waals surface area contributed by atoms with Crippen molar-refractivity contribution in [2.75, 3.05) is 17.1 Å². The van der Waals surface area contributed by atoms with Gasteiger partial charge in [-0.2, -0.15) is 0 Å². The van der Waals surface area contributed by atoms with E-state index in [1.807, 2.05) is 32.0 Å². The summed E-state index contributed by atoms with van der Waals surface area (Å²) in [4.78, 5) is 28.9. The van der Waals surface area contributed by atoms with Gasteiger partial charge in [-0.05, 0) is 48.7 Å². The third-order valence-corrected chi connectivity index (χ3v) is 8.36. The van der Waals surface area contributed by atoms with E-state index < -0.39 is 46.1 Å². The largest absolute Gasteiger partial charge is 0.352 e. The number of hydrogen-bond acceptors (Lipinski definition) is 4. The van der Waals surface area contributed by atoms with Crippen molar-refractivity contribution in [3.8, 4) is 0 Å². The lowest BCUT2D eigenvalue weighted by Gasteiger charge is -2.34. The molecule has 3 aromatic carbocycles. The van der Waals surface area contributed by atoms with Gasteiger partial charge in [-0.25, -0.2) is 17.2 Å². The highest BCUT2D eigenvalue weighted by Crippen LogP contribution is 2.26. The number of nitrogens with zero attached hydrogens (tertiary/aromatic N) is 2. The van der Waals surface area contributed by atoms with E-state index in [2.05, 4.69) is 5.32 Å². The van der Waals surface area contributed by atoms with Crippen LogP contribution in [0.1, 0.15) is 31.4 Å². The molecule has 7 nitrogen and oxygen atoms in total. The van der Waals surface area contributed by atoms with Crippen LogP contribution in [0.2, 0.25) is 10.0 Å². The average molecular weight is 627 g/mol. The molecule has 0 spiro atoms. The molecule has 0 radical (unpaired) electrons. The van der Waals surface area contributed by atoms with Gasteiger partial charge in [-0.3, -0.25) is 13.9 Å². The maximum atomic E-state index is 14.0. The Morgan fingerprint density at radius 2 is 1.61 bits per heavy atom. The standard InChI is InChI=1S/C29H31Cl2F2N3O4S/c1-4-19(2)34-29(38)27(15-20-8-6-5-7-9-20)35(17-21-10-12-23(30)24(31)14-21)28(37)18-36(41(3,39)40)22-11-13-25(32)26(33)16-22/h5-14,16,19,27H,4,15,17-18H2,1-3H3,(H,34,38)/t19-,27-/m0/s1. The predicted molar refractivity (Wildman–Crippen MR) is 157 cm³/mol. The zero-order valence-corrected chi connectivity index (χ0v) is 25.1. The topological polar surface area (TPSA) is 86.8 Å². The van der Waals surface area contributed by atoms with Crippen LogP contribution in [0, 0.1) is 11.6 Å². The third kappa shape index (κ3) is 8.89. The average Bonchev–Trinajstić information content (AvgIpc) is 2.92. The molecule has 220 valence electrons. The van der Waals surface area contributed by atoms with Crippen LogP contribution >= 0.6 is 23.2 Å². The van der Waals surface area contributed by atoms with Crippen LogP contribution in [-0.2, 0) is 32.6 Å². The molecular weight excluding hydrogens is 595 g/mol. The summed E-state index contributed by atoms with van der Waals surface area (Å²) in [6.45, 7) is 2.85. The molecule has 3 rings (SSSR count). The van der Waals surface area contributed by atoms with Crippen LogP contribution < -0.4 is 9.62 Å². The van der Waals surface area contributed by atoms with E-state index in [-0.39, 0.29) is 29.7 Å². The van der Waals surface area contributed by atoms with Crippen molar-refractivity contribution in [3.05, 3.63) is 99.5 Å². The Morgan fingerprint density at radius 1 is 0.927 bits per heavy atom. The van der Waals surface area contributed by atoms with E-state index in [1.165, 1.54) is 4.90 Å². The lowest BCUT2D eigenvalue weighted by Crippen LogP contribution is -2.54. The molecule has 0 saturated carbocycles. The minimum Gasteiger partial charge on any atom is -0.352 e. The van der Waals surface area contributed by atoms with Gasteiger partial charge in [-0.1, -0.05) is 66.5 Å². The summed E-state index contributed by atoms with van der Waals surface area (Å²) in [6, 6.07) is 15.1. The second kappa shape index (κ2) is 14.1. The molecule has 1 N–H and O–H groups in total. The number of halogens is 4. The van der Waals surface area contributed by atoms with Crippen LogP contribution in [0.15, 0.2) is 66.7 Å². The van der Waals surface area contributed by atoms with Crippen LogP contribution in [-0.4, -0.2) is 50.0 Å². The Labute approximate surface area is 249 Å². The summed E-state index contributed by atoms with van der Waals surface area (Å²) < 4.78 is 53.8. The molecule has 41 heavy (non-hydrogen) atoms. The fourth-order valence-corrected chi connectivity index (χ4v) is 5.25. The number of sulfonamides is 1. The Kier molecular flexibility index (Phi) is 11.1. The predicted octanol–water partition coefficient (Wildman–Crippen LogP) is 5.59. The van der Waals surface area contributed by atoms with E-state index >= 15 is 0 Å². The van der Waals surface area contributed by atoms with E-state index in [1.54, 1.807) is 30.3 Å². The third-order valence-electron chi connectivity index (χ3n) is 6.48. The van der Waals surface area contributed by atoms with Crippen molar-refractivity contribution in [2.45, 2.75) is 45.3 Å². The molecule has 0 aromatic heterocycles. The minimum atomic E-state index is -4.13. The molecule has 0 fully saturated rings. The van der Waals surface area contributed by atoms with Crippen molar-refractivity contribution in [2.24, 2.45) is 0 Å². The van der Waals surface area contributed by atoms with Crippen LogP contribution in [0.5, 0.6) is 0 Å². The zero-order chi connectivity index (χ0) is 30.3. The Morgan fingerprint density at radius 3 is 2.20 bits per heavy atom. The number of anilines is 1. The van der Waals surface area contributed by atoms with E-state index in [0.717, 1.165) is 24.0 Å². The van der Waals surface area contributed by atoms with Gasteiger partial charge >= 0.3 is 0 Å². The molecule has 0 aliphatic heterocycles. The van der Waals surface area contributed by atoms with Crippen molar-refractivity contribution in [1.82, 2.24) is 10.2 Å². The maximum Gasteiger partial charge on any atom is 0.244 e. The summed E-state index contributed by atoms with van der Waals surface area (Å²) in [7, 11) is -4.13. The van der Waals surface area contributed by atoms with E-state index in [0.29, 0.717) is 27.4 Å². The summed E-state index contributed by atoms with van der Waals surface area (Å²) in [5.41, 5.74) is 1.07. The molecule has 3 aromatic rings. The van der Waals surface area contributed by atoms with Crippen molar-refractivity contribution >= 4 is 50.7 Å². The van der Waals surface area contributed by atoms with E-state index in [4.69, 9.17) is 23.2 Å². The number of carbonyl (C=O) groups is 2. The molecule has 0 saturated heterocycles. The number of benzene rings is 3. The van der Waals surface area contributed by atoms with Gasteiger partial charge in [0, 0.05) is 25.1 Å². The molecule has 0 unspecified atom stereocenters. The first-order chi connectivity index (χ1) is 19.3. The molecule has 0 bridgehead atoms. The zero-order valence-electron chi connectivity index (χ0n) is 22.8. The van der Waals surface area contributed by atoms with Crippen molar-refractivity contribution in [1.29, 1.82) is 0 Å². The first-order valence-electron chi connectivity index (χ1n) is 12.8. The van der Waals surface area contributed by atoms with Crippen molar-refractivity contribution in [3.63, 3.8) is 0 Å². The van der Waals surface area contributed by atoms with Gasteiger partial charge in [0.1, 0.15) is 12.6 Å². The second-order valence-electron chi connectivity index (χ2n) is 9.66. The van der Waals surface area contributed by atoms with Gasteiger partial charge in [0.2, 0.25) is 21.8 Å². The number of nitrogens with one attached hydrogen (secondary N) is 1. The SMILES string of the molecule is CC[C@H](C)NC(=O)[C@H](Cc1ccccc1)N(Cc1ccc(Cl)c(Cl)c1)C(=O)CN(c1ccc(F)c(F)c1)S(C)(=O)=O. The lowest BCUT2D eigenvalue weighted by atomic mass is 10.0. The quantitative estimate of drug-likeness (QED) is 0.284. The fourth-order valence-electron chi connectivity index (χ4n) is 4.08. The maximum absolute atomic E-state index is 14.0. The number of rotatable bonds is 12. The molecule has 0 heterocycles. The summed E-state index contributed by atoms with van der Waals surface area (Å²) in [6.07, 6.45) is 1.62.